The van der Waals surface area contributed by atoms with E-state index in [1.807, 2.05) is 42.6 Å². The minimum atomic E-state index is 0.238. The van der Waals surface area contributed by atoms with Crippen LogP contribution in [0, 0.1) is 6.92 Å². The van der Waals surface area contributed by atoms with Crippen molar-refractivity contribution >= 4 is 11.4 Å². The van der Waals surface area contributed by atoms with Crippen LogP contribution in [0.15, 0.2) is 24.4 Å². The Morgan fingerprint density at radius 2 is 2.27 bits per heavy atom. The lowest BCUT2D eigenvalue weighted by Crippen LogP contribution is -2.02. The number of Topliss-reactive ketones (excluding diaryl/α,β-unsaturated/α-hetero) is 1. The Morgan fingerprint density at radius 3 is 2.93 bits per heavy atom. The largest absolute Gasteiger partial charge is 0.304 e. The molecule has 0 saturated heterocycles. The highest BCUT2D eigenvalue weighted by atomic mass is 16.1. The molecule has 0 saturated carbocycles. The van der Waals surface area contributed by atoms with Crippen LogP contribution in [-0.4, -0.2) is 15.2 Å². The van der Waals surface area contributed by atoms with Crippen LogP contribution >= 0.6 is 0 Å². The van der Waals surface area contributed by atoms with Gasteiger partial charge in [0.15, 0.2) is 0 Å². The summed E-state index contributed by atoms with van der Waals surface area (Å²) in [6.07, 6.45) is 2.99. The molecular formula is C12H14N2O. The van der Waals surface area contributed by atoms with Gasteiger partial charge < -0.3 is 4.40 Å². The van der Waals surface area contributed by atoms with Crippen LogP contribution in [0.25, 0.3) is 5.65 Å². The number of fused-ring (bicyclic) bond motifs is 1. The van der Waals surface area contributed by atoms with Gasteiger partial charge in [0.05, 0.1) is 12.1 Å². The first-order chi connectivity index (χ1) is 7.22. The first kappa shape index (κ1) is 9.90. The second-order valence-corrected chi connectivity index (χ2v) is 3.64. The van der Waals surface area contributed by atoms with E-state index in [9.17, 15) is 4.79 Å². The molecule has 15 heavy (non-hydrogen) atoms. The van der Waals surface area contributed by atoms with Gasteiger partial charge in [-0.3, -0.25) is 4.79 Å². The molecule has 0 bridgehead atoms. The summed E-state index contributed by atoms with van der Waals surface area (Å²) in [6.45, 7) is 3.88. The summed E-state index contributed by atoms with van der Waals surface area (Å²) in [5.41, 5.74) is 2.87. The number of hydrogen-bond donors (Lipinski definition) is 0. The Bertz CT molecular complexity index is 499. The van der Waals surface area contributed by atoms with Gasteiger partial charge >= 0.3 is 0 Å². The molecule has 0 aromatic carbocycles. The number of ketones is 1. The zero-order valence-corrected chi connectivity index (χ0v) is 9.03. The minimum Gasteiger partial charge on any atom is -0.304 e. The lowest BCUT2D eigenvalue weighted by Gasteiger charge is -1.96. The van der Waals surface area contributed by atoms with E-state index in [4.69, 9.17) is 0 Å². The molecule has 0 atom stereocenters. The van der Waals surface area contributed by atoms with E-state index in [1.54, 1.807) is 0 Å². The molecule has 78 valence electrons. The molecule has 3 nitrogen and oxygen atoms in total. The number of aryl methyl sites for hydroxylation is 1. The molecule has 0 N–H and O–H groups in total. The number of pyridine rings is 1. The van der Waals surface area contributed by atoms with E-state index >= 15 is 0 Å². The van der Waals surface area contributed by atoms with Gasteiger partial charge in [0.25, 0.3) is 0 Å². The molecule has 2 aromatic heterocycles. The maximum atomic E-state index is 11.4. The van der Waals surface area contributed by atoms with Crippen LogP contribution in [0.5, 0.6) is 0 Å². The SMILES string of the molecule is CCC(=O)Cc1nc2ccccn2c1C. The Hall–Kier alpha value is -1.64. The maximum Gasteiger partial charge on any atom is 0.138 e. The highest BCUT2D eigenvalue weighted by Crippen LogP contribution is 2.12. The molecule has 2 heterocycles. The normalized spacial score (nSPS) is 10.8. The average molecular weight is 202 g/mol. The van der Waals surface area contributed by atoms with Crippen molar-refractivity contribution < 1.29 is 4.79 Å². The van der Waals surface area contributed by atoms with Gasteiger partial charge in [-0.15, -0.1) is 0 Å². The first-order valence-electron chi connectivity index (χ1n) is 5.16. The summed E-state index contributed by atoms with van der Waals surface area (Å²) in [5, 5.41) is 0. The van der Waals surface area contributed by atoms with E-state index in [2.05, 4.69) is 4.98 Å². The lowest BCUT2D eigenvalue weighted by atomic mass is 10.1. The van der Waals surface area contributed by atoms with Crippen molar-refractivity contribution in [1.82, 2.24) is 9.38 Å². The van der Waals surface area contributed by atoms with Crippen LogP contribution in [0.3, 0.4) is 0 Å². The zero-order valence-electron chi connectivity index (χ0n) is 9.03. The van der Waals surface area contributed by atoms with Gasteiger partial charge in [0, 0.05) is 18.3 Å². The topological polar surface area (TPSA) is 34.4 Å². The zero-order chi connectivity index (χ0) is 10.8. The maximum absolute atomic E-state index is 11.4. The third-order valence-corrected chi connectivity index (χ3v) is 2.63. The summed E-state index contributed by atoms with van der Waals surface area (Å²) in [4.78, 5) is 15.8. The second-order valence-electron chi connectivity index (χ2n) is 3.64. The predicted octanol–water partition coefficient (Wildman–Crippen LogP) is 2.16. The number of aromatic nitrogens is 2. The molecule has 0 amide bonds. The van der Waals surface area contributed by atoms with Crippen molar-refractivity contribution in [1.29, 1.82) is 0 Å². The first-order valence-corrected chi connectivity index (χ1v) is 5.16. The van der Waals surface area contributed by atoms with Crippen molar-refractivity contribution in [2.24, 2.45) is 0 Å². The molecule has 0 aliphatic heterocycles. The van der Waals surface area contributed by atoms with E-state index in [1.165, 1.54) is 0 Å². The average Bonchev–Trinajstić information content (AvgIpc) is 2.57. The number of imidazole rings is 1. The Labute approximate surface area is 88.8 Å². The smallest absolute Gasteiger partial charge is 0.138 e. The van der Waals surface area contributed by atoms with Crippen molar-refractivity contribution in [3.8, 4) is 0 Å². The molecular weight excluding hydrogens is 188 g/mol. The fourth-order valence-electron chi connectivity index (χ4n) is 1.65. The number of nitrogens with zero attached hydrogens (tertiary/aromatic N) is 2. The van der Waals surface area contributed by atoms with Crippen LogP contribution in [-0.2, 0) is 11.2 Å². The van der Waals surface area contributed by atoms with Gasteiger partial charge in [0.1, 0.15) is 11.4 Å². The predicted molar refractivity (Wildman–Crippen MR) is 58.9 cm³/mol. The number of carbonyl (C=O) groups is 1. The molecule has 0 unspecified atom stereocenters. The third kappa shape index (κ3) is 1.77. The van der Waals surface area contributed by atoms with Gasteiger partial charge in [-0.1, -0.05) is 13.0 Å². The summed E-state index contributed by atoms with van der Waals surface area (Å²) in [5.74, 6) is 0.238. The summed E-state index contributed by atoms with van der Waals surface area (Å²) in [6, 6.07) is 5.87. The van der Waals surface area contributed by atoms with Crippen molar-refractivity contribution in [3.05, 3.63) is 35.8 Å². The summed E-state index contributed by atoms with van der Waals surface area (Å²) < 4.78 is 2.01. The van der Waals surface area contributed by atoms with Crippen LogP contribution in [0.2, 0.25) is 0 Å². The van der Waals surface area contributed by atoms with Gasteiger partial charge in [-0.05, 0) is 19.1 Å². The van der Waals surface area contributed by atoms with Crippen LogP contribution in [0.1, 0.15) is 24.7 Å². The Balaban J connectivity index is 2.44. The van der Waals surface area contributed by atoms with Gasteiger partial charge in [-0.25, -0.2) is 4.98 Å². The third-order valence-electron chi connectivity index (χ3n) is 2.63. The molecule has 3 heteroatoms. The number of carbonyl (C=O) groups excluding carboxylic acids is 1. The molecule has 0 spiro atoms. The molecule has 0 aliphatic rings. The van der Waals surface area contributed by atoms with Crippen LogP contribution in [0.4, 0.5) is 0 Å². The highest BCUT2D eigenvalue weighted by molar-refractivity contribution is 5.80. The number of rotatable bonds is 3. The highest BCUT2D eigenvalue weighted by Gasteiger charge is 2.10. The molecule has 2 rings (SSSR count). The molecule has 2 aromatic rings. The summed E-state index contributed by atoms with van der Waals surface area (Å²) in [7, 11) is 0. The van der Waals surface area contributed by atoms with Crippen molar-refractivity contribution in [2.75, 3.05) is 0 Å². The van der Waals surface area contributed by atoms with E-state index in [0.29, 0.717) is 12.8 Å². The van der Waals surface area contributed by atoms with Gasteiger partial charge in [-0.2, -0.15) is 0 Å². The Kier molecular flexibility index (Phi) is 2.54. The van der Waals surface area contributed by atoms with Crippen molar-refractivity contribution in [3.63, 3.8) is 0 Å². The second kappa shape index (κ2) is 3.85. The molecule has 0 radical (unpaired) electrons. The van der Waals surface area contributed by atoms with Crippen LogP contribution < -0.4 is 0 Å². The fraction of sp³-hybridized carbons (Fsp3) is 0.333. The number of hydrogen-bond acceptors (Lipinski definition) is 2. The quantitative estimate of drug-likeness (QED) is 0.764. The van der Waals surface area contributed by atoms with E-state index < -0.39 is 0 Å². The van der Waals surface area contributed by atoms with E-state index in [-0.39, 0.29) is 5.78 Å². The monoisotopic (exact) mass is 202 g/mol. The van der Waals surface area contributed by atoms with Crippen molar-refractivity contribution in [2.45, 2.75) is 26.7 Å². The van der Waals surface area contributed by atoms with Gasteiger partial charge in [0.2, 0.25) is 0 Å². The standard InChI is InChI=1S/C12H14N2O/c1-3-10(15)8-11-9(2)14-7-5-4-6-12(14)13-11/h4-7H,3,8H2,1-2H3. The Morgan fingerprint density at radius 1 is 1.47 bits per heavy atom. The fourth-order valence-corrected chi connectivity index (χ4v) is 1.65. The lowest BCUT2D eigenvalue weighted by molar-refractivity contribution is -0.118. The minimum absolute atomic E-state index is 0.238. The van der Waals surface area contributed by atoms with E-state index in [0.717, 1.165) is 17.0 Å². The summed E-state index contributed by atoms with van der Waals surface area (Å²) >= 11 is 0. The molecule has 0 aliphatic carbocycles. The molecule has 0 fully saturated rings.